The number of rotatable bonds is 4. The first-order chi connectivity index (χ1) is 4.35. The third kappa shape index (κ3) is 3.77. The maximum Gasteiger partial charge on any atom is -0.0248 e. The van der Waals surface area contributed by atoms with Gasteiger partial charge in [0.1, 0.15) is 0 Å². The van der Waals surface area contributed by atoms with Crippen molar-refractivity contribution in [3.8, 4) is 0 Å². The molecule has 0 saturated carbocycles. The fraction of sp³-hybridized carbons (Fsp3) is 0.333. The van der Waals surface area contributed by atoms with Gasteiger partial charge in [-0.2, -0.15) is 0 Å². The molecule has 0 aromatic carbocycles. The first-order valence-electron chi connectivity index (χ1n) is 3.23. The second-order valence-corrected chi connectivity index (χ2v) is 1.90. The van der Waals surface area contributed by atoms with E-state index in [0.29, 0.717) is 0 Å². The summed E-state index contributed by atoms with van der Waals surface area (Å²) in [6, 6.07) is 0. The van der Waals surface area contributed by atoms with Gasteiger partial charge in [-0.25, -0.2) is 0 Å². The van der Waals surface area contributed by atoms with Crippen molar-refractivity contribution in [2.24, 2.45) is 0 Å². The molecule has 50 valence electrons. The number of allylic oxidation sites excluding steroid dienone is 4. The predicted molar refractivity (Wildman–Crippen MR) is 43.4 cm³/mol. The molecule has 0 aliphatic rings. The molecule has 0 radical (unpaired) electrons. The molecule has 0 N–H and O–H groups in total. The van der Waals surface area contributed by atoms with E-state index in [2.05, 4.69) is 19.2 Å². The molecular weight excluding hydrogens is 108 g/mol. The molecule has 0 heterocycles. The monoisotopic (exact) mass is 122 g/mol. The first kappa shape index (κ1) is 8.22. The Kier molecular flexibility index (Phi) is 4.89. The Bertz CT molecular complexity index is 118. The Morgan fingerprint density at radius 3 is 2.44 bits per heavy atom. The highest BCUT2D eigenvalue weighted by Crippen LogP contribution is 2.04. The Morgan fingerprint density at radius 2 is 2.11 bits per heavy atom. The summed E-state index contributed by atoms with van der Waals surface area (Å²) in [7, 11) is 0. The normalized spacial score (nSPS) is 11.0. The van der Waals surface area contributed by atoms with Crippen molar-refractivity contribution in [2.75, 3.05) is 0 Å². The fourth-order valence-electron chi connectivity index (χ4n) is 0.633. The smallest absolute Gasteiger partial charge is 0.0248 e. The van der Waals surface area contributed by atoms with E-state index in [-0.39, 0.29) is 0 Å². The first-order valence-corrected chi connectivity index (χ1v) is 3.23. The van der Waals surface area contributed by atoms with Crippen molar-refractivity contribution in [2.45, 2.75) is 19.8 Å². The molecule has 0 aliphatic heterocycles. The molecule has 0 amide bonds. The van der Waals surface area contributed by atoms with Crippen molar-refractivity contribution in [3.63, 3.8) is 0 Å². The molecular formula is C9H14. The van der Waals surface area contributed by atoms with Crippen LogP contribution in [0.2, 0.25) is 0 Å². The van der Waals surface area contributed by atoms with Crippen LogP contribution in [0.15, 0.2) is 37.0 Å². The Balaban J connectivity index is 3.57. The molecule has 0 aromatic rings. The lowest BCUT2D eigenvalue weighted by atomic mass is 10.1. The van der Waals surface area contributed by atoms with Gasteiger partial charge < -0.3 is 0 Å². The number of hydrogen-bond acceptors (Lipinski definition) is 0. The van der Waals surface area contributed by atoms with Gasteiger partial charge in [-0.3, -0.25) is 0 Å². The summed E-state index contributed by atoms with van der Waals surface area (Å²) in [6.07, 6.45) is 8.02. The zero-order valence-electron chi connectivity index (χ0n) is 6.06. The molecule has 0 nitrogen and oxygen atoms in total. The summed E-state index contributed by atoms with van der Waals surface area (Å²) < 4.78 is 0. The maximum atomic E-state index is 3.68. The molecule has 0 fully saturated rings. The van der Waals surface area contributed by atoms with E-state index in [1.807, 2.05) is 19.1 Å². The van der Waals surface area contributed by atoms with Crippen LogP contribution in [0.3, 0.4) is 0 Å². The predicted octanol–water partition coefficient (Wildman–Crippen LogP) is 3.08. The SMILES string of the molecule is C=CCCC(C=C)=CC. The summed E-state index contributed by atoms with van der Waals surface area (Å²) in [5.74, 6) is 0. The van der Waals surface area contributed by atoms with Gasteiger partial charge in [0.15, 0.2) is 0 Å². The minimum Gasteiger partial charge on any atom is -0.103 e. The largest absolute Gasteiger partial charge is 0.103 e. The van der Waals surface area contributed by atoms with Crippen LogP contribution < -0.4 is 0 Å². The van der Waals surface area contributed by atoms with Crippen LogP contribution in [0.25, 0.3) is 0 Å². The minimum absolute atomic E-state index is 1.05. The summed E-state index contributed by atoms with van der Waals surface area (Å²) >= 11 is 0. The van der Waals surface area contributed by atoms with Gasteiger partial charge in [-0.1, -0.05) is 30.4 Å². The van der Waals surface area contributed by atoms with Crippen molar-refractivity contribution >= 4 is 0 Å². The van der Waals surface area contributed by atoms with Crippen LogP contribution in [0.4, 0.5) is 0 Å². The van der Waals surface area contributed by atoms with Crippen LogP contribution in [0.5, 0.6) is 0 Å². The topological polar surface area (TPSA) is 0 Å². The molecule has 0 atom stereocenters. The van der Waals surface area contributed by atoms with Crippen molar-refractivity contribution in [1.82, 2.24) is 0 Å². The quantitative estimate of drug-likeness (QED) is 0.397. The van der Waals surface area contributed by atoms with E-state index in [1.54, 1.807) is 0 Å². The van der Waals surface area contributed by atoms with Gasteiger partial charge in [-0.05, 0) is 19.8 Å². The summed E-state index contributed by atoms with van der Waals surface area (Å²) in [5.41, 5.74) is 1.30. The van der Waals surface area contributed by atoms with E-state index in [1.165, 1.54) is 5.57 Å². The van der Waals surface area contributed by atoms with Crippen LogP contribution in [0.1, 0.15) is 19.8 Å². The molecule has 9 heavy (non-hydrogen) atoms. The molecule has 0 heteroatoms. The fourth-order valence-corrected chi connectivity index (χ4v) is 0.633. The molecule has 0 rings (SSSR count). The van der Waals surface area contributed by atoms with E-state index in [9.17, 15) is 0 Å². The van der Waals surface area contributed by atoms with Crippen LogP contribution >= 0.6 is 0 Å². The lowest BCUT2D eigenvalue weighted by molar-refractivity contribution is 1.01. The third-order valence-electron chi connectivity index (χ3n) is 1.27. The average Bonchev–Trinajstić information content (AvgIpc) is 1.91. The van der Waals surface area contributed by atoms with Gasteiger partial charge in [-0.15, -0.1) is 6.58 Å². The minimum atomic E-state index is 1.05. The van der Waals surface area contributed by atoms with Gasteiger partial charge in [0.05, 0.1) is 0 Å². The molecule has 0 unspecified atom stereocenters. The summed E-state index contributed by atoms with van der Waals surface area (Å²) in [5, 5.41) is 0. The van der Waals surface area contributed by atoms with Gasteiger partial charge in [0.2, 0.25) is 0 Å². The Hall–Kier alpha value is -0.780. The zero-order chi connectivity index (χ0) is 7.11. The summed E-state index contributed by atoms with van der Waals surface area (Å²) in [4.78, 5) is 0. The Morgan fingerprint density at radius 1 is 1.44 bits per heavy atom. The maximum absolute atomic E-state index is 3.68. The van der Waals surface area contributed by atoms with Gasteiger partial charge in [0, 0.05) is 0 Å². The van der Waals surface area contributed by atoms with E-state index >= 15 is 0 Å². The Labute approximate surface area is 57.6 Å². The standard InChI is InChI=1S/C9H14/c1-4-7-8-9(5-2)6-3/h4-6H,1-2,7-8H2,3H3. The van der Waals surface area contributed by atoms with E-state index < -0.39 is 0 Å². The van der Waals surface area contributed by atoms with E-state index in [4.69, 9.17) is 0 Å². The summed E-state index contributed by atoms with van der Waals surface area (Å²) in [6.45, 7) is 9.35. The highest BCUT2D eigenvalue weighted by molar-refractivity contribution is 5.15. The zero-order valence-corrected chi connectivity index (χ0v) is 6.06. The van der Waals surface area contributed by atoms with Gasteiger partial charge >= 0.3 is 0 Å². The van der Waals surface area contributed by atoms with Crippen LogP contribution in [-0.4, -0.2) is 0 Å². The van der Waals surface area contributed by atoms with Crippen LogP contribution in [-0.2, 0) is 0 Å². The average molecular weight is 122 g/mol. The highest BCUT2D eigenvalue weighted by Gasteiger charge is 1.84. The van der Waals surface area contributed by atoms with Crippen LogP contribution in [0, 0.1) is 0 Å². The molecule has 0 aliphatic carbocycles. The number of hydrogen-bond donors (Lipinski definition) is 0. The van der Waals surface area contributed by atoms with Crippen molar-refractivity contribution < 1.29 is 0 Å². The molecule has 0 saturated heterocycles. The van der Waals surface area contributed by atoms with Crippen molar-refractivity contribution in [3.05, 3.63) is 37.0 Å². The lowest BCUT2D eigenvalue weighted by Gasteiger charge is -1.94. The molecule has 0 aromatic heterocycles. The van der Waals surface area contributed by atoms with Gasteiger partial charge in [0.25, 0.3) is 0 Å². The molecule has 0 spiro atoms. The second-order valence-electron chi connectivity index (χ2n) is 1.90. The van der Waals surface area contributed by atoms with E-state index in [0.717, 1.165) is 12.8 Å². The molecule has 0 bridgehead atoms. The lowest BCUT2D eigenvalue weighted by Crippen LogP contribution is -1.74. The second kappa shape index (κ2) is 5.36. The van der Waals surface area contributed by atoms with Crippen molar-refractivity contribution in [1.29, 1.82) is 0 Å². The third-order valence-corrected chi connectivity index (χ3v) is 1.27. The highest BCUT2D eigenvalue weighted by atomic mass is 13.9.